The third kappa shape index (κ3) is 4.50. The molecule has 1 N–H and O–H groups in total. The van der Waals surface area contributed by atoms with E-state index in [4.69, 9.17) is 11.6 Å². The number of benzene rings is 2. The second kappa shape index (κ2) is 8.51. The summed E-state index contributed by atoms with van der Waals surface area (Å²) in [7, 11) is 0. The smallest absolute Gasteiger partial charge is 0.238 e. The van der Waals surface area contributed by atoms with Gasteiger partial charge in [-0.05, 0) is 29.3 Å². The third-order valence-electron chi connectivity index (χ3n) is 4.30. The topological polar surface area (TPSA) is 54.9 Å². The number of hydrogen-bond donors (Lipinski definition) is 1. The predicted octanol–water partition coefficient (Wildman–Crippen LogP) is 5.77. The molecule has 0 radical (unpaired) electrons. The highest BCUT2D eigenvalue weighted by Gasteiger charge is 2.24. The van der Waals surface area contributed by atoms with Crippen LogP contribution in [-0.4, -0.2) is 15.9 Å². The minimum Gasteiger partial charge on any atom is -0.301 e. The van der Waals surface area contributed by atoms with Gasteiger partial charge >= 0.3 is 0 Å². The Bertz CT molecular complexity index is 1150. The number of nitrogens with one attached hydrogen (secondary N) is 1. The normalized spacial score (nSPS) is 11.8. The van der Waals surface area contributed by atoms with Crippen molar-refractivity contribution in [3.05, 3.63) is 101 Å². The quantitative estimate of drug-likeness (QED) is 0.443. The molecule has 4 nitrogen and oxygen atoms in total. The van der Waals surface area contributed by atoms with Crippen LogP contribution in [-0.2, 0) is 4.79 Å². The van der Waals surface area contributed by atoms with Crippen LogP contribution in [0.2, 0.25) is 5.02 Å². The summed E-state index contributed by atoms with van der Waals surface area (Å²) in [6.45, 7) is 0. The molecule has 0 fully saturated rings. The van der Waals surface area contributed by atoms with Gasteiger partial charge in [0.25, 0.3) is 0 Å². The molecule has 1 amide bonds. The van der Waals surface area contributed by atoms with Gasteiger partial charge in [0.05, 0.1) is 15.8 Å². The molecule has 0 saturated heterocycles. The second-order valence-corrected chi connectivity index (χ2v) is 7.78. The number of thiazole rings is 1. The number of carbonyl (C=O) groups is 1. The molecule has 0 aliphatic heterocycles. The third-order valence-corrected chi connectivity index (χ3v) is 5.47. The number of nitrogens with zero attached hydrogens (tertiary/aromatic N) is 2. The summed E-state index contributed by atoms with van der Waals surface area (Å²) >= 11 is 7.32. The molecular formula is C22H15ClFN3OS. The lowest BCUT2D eigenvalue weighted by atomic mass is 9.90. The average Bonchev–Trinajstić information content (AvgIpc) is 3.17. The van der Waals surface area contributed by atoms with Crippen LogP contribution in [0.3, 0.4) is 0 Å². The number of halogens is 2. The van der Waals surface area contributed by atoms with Crippen LogP contribution in [0.5, 0.6) is 0 Å². The lowest BCUT2D eigenvalue weighted by molar-refractivity contribution is -0.116. The Balaban J connectivity index is 1.62. The first kappa shape index (κ1) is 19.2. The highest BCUT2D eigenvalue weighted by atomic mass is 35.5. The lowest BCUT2D eigenvalue weighted by Gasteiger charge is -2.17. The van der Waals surface area contributed by atoms with Gasteiger partial charge in [0.2, 0.25) is 5.91 Å². The fourth-order valence-corrected chi connectivity index (χ4v) is 3.99. The van der Waals surface area contributed by atoms with E-state index < -0.39 is 5.92 Å². The zero-order valence-electron chi connectivity index (χ0n) is 15.0. The maximum absolute atomic E-state index is 13.8. The summed E-state index contributed by atoms with van der Waals surface area (Å²) < 4.78 is 13.8. The number of hydrogen-bond acceptors (Lipinski definition) is 4. The van der Waals surface area contributed by atoms with E-state index in [2.05, 4.69) is 15.3 Å². The Labute approximate surface area is 176 Å². The summed E-state index contributed by atoms with van der Waals surface area (Å²) in [6.07, 6.45) is 4.90. The molecule has 0 aliphatic rings. The molecule has 2 aromatic heterocycles. The van der Waals surface area contributed by atoms with Gasteiger partial charge in [-0.25, -0.2) is 9.37 Å². The van der Waals surface area contributed by atoms with Crippen molar-refractivity contribution >= 4 is 34.0 Å². The molecule has 2 heterocycles. The van der Waals surface area contributed by atoms with Gasteiger partial charge in [-0.2, -0.15) is 0 Å². The molecule has 0 aliphatic carbocycles. The zero-order chi connectivity index (χ0) is 20.2. The largest absolute Gasteiger partial charge is 0.301 e. The maximum atomic E-state index is 13.8. The van der Waals surface area contributed by atoms with Gasteiger partial charge in [-0.1, -0.05) is 65.4 Å². The average molecular weight is 424 g/mol. The molecule has 1 unspecified atom stereocenters. The van der Waals surface area contributed by atoms with Crippen molar-refractivity contribution in [3.8, 4) is 10.4 Å². The Morgan fingerprint density at radius 1 is 1.00 bits per heavy atom. The molecule has 0 spiro atoms. The van der Waals surface area contributed by atoms with Crippen LogP contribution < -0.4 is 5.32 Å². The van der Waals surface area contributed by atoms with Gasteiger partial charge < -0.3 is 5.32 Å². The van der Waals surface area contributed by atoms with E-state index in [1.54, 1.807) is 36.8 Å². The number of pyridine rings is 1. The van der Waals surface area contributed by atoms with E-state index in [0.717, 1.165) is 16.0 Å². The van der Waals surface area contributed by atoms with Gasteiger partial charge in [0, 0.05) is 24.2 Å². The number of anilines is 1. The molecule has 29 heavy (non-hydrogen) atoms. The van der Waals surface area contributed by atoms with Crippen LogP contribution in [0.1, 0.15) is 17.0 Å². The van der Waals surface area contributed by atoms with Crippen LogP contribution >= 0.6 is 22.9 Å². The van der Waals surface area contributed by atoms with E-state index in [-0.39, 0.29) is 11.7 Å². The lowest BCUT2D eigenvalue weighted by Crippen LogP contribution is -2.22. The monoisotopic (exact) mass is 423 g/mol. The fourth-order valence-electron chi connectivity index (χ4n) is 3.02. The standard InChI is InChI=1S/C22H15ClFN3OS/c23-17-9-16(11-25-12-17)19-13-26-22(29-19)27-21(28)20(14-5-2-1-3-6-14)15-7-4-8-18(24)10-15/h1-13,20H,(H,26,27,28). The number of carbonyl (C=O) groups excluding carboxylic acids is 1. The molecule has 0 saturated carbocycles. The fraction of sp³-hybridized carbons (Fsp3) is 0.0455. The number of aromatic nitrogens is 2. The van der Waals surface area contributed by atoms with E-state index in [1.807, 2.05) is 30.3 Å². The van der Waals surface area contributed by atoms with E-state index in [1.165, 1.54) is 23.5 Å². The molecule has 4 rings (SSSR count). The molecule has 7 heteroatoms. The summed E-state index contributed by atoms with van der Waals surface area (Å²) in [6, 6.07) is 17.1. The van der Waals surface area contributed by atoms with Crippen molar-refractivity contribution in [2.24, 2.45) is 0 Å². The number of amides is 1. The van der Waals surface area contributed by atoms with Crippen molar-refractivity contribution in [1.29, 1.82) is 0 Å². The summed E-state index contributed by atoms with van der Waals surface area (Å²) in [5.74, 6) is -1.33. The van der Waals surface area contributed by atoms with Crippen molar-refractivity contribution < 1.29 is 9.18 Å². The van der Waals surface area contributed by atoms with Gasteiger partial charge in [0.15, 0.2) is 5.13 Å². The summed E-state index contributed by atoms with van der Waals surface area (Å²) in [5.41, 5.74) is 2.16. The Kier molecular flexibility index (Phi) is 5.64. The predicted molar refractivity (Wildman–Crippen MR) is 114 cm³/mol. The summed E-state index contributed by atoms with van der Waals surface area (Å²) in [5, 5.41) is 3.83. The van der Waals surface area contributed by atoms with Crippen molar-refractivity contribution in [2.45, 2.75) is 5.92 Å². The first-order chi connectivity index (χ1) is 14.1. The highest BCUT2D eigenvalue weighted by molar-refractivity contribution is 7.19. The van der Waals surface area contributed by atoms with Crippen LogP contribution in [0, 0.1) is 5.82 Å². The minimum absolute atomic E-state index is 0.285. The molecule has 4 aromatic rings. The van der Waals surface area contributed by atoms with Crippen molar-refractivity contribution in [2.75, 3.05) is 5.32 Å². The first-order valence-corrected chi connectivity index (χ1v) is 9.97. The minimum atomic E-state index is -0.660. The van der Waals surface area contributed by atoms with Crippen LogP contribution in [0.15, 0.2) is 79.3 Å². The number of rotatable bonds is 5. The molecule has 144 valence electrons. The molecule has 2 aromatic carbocycles. The SMILES string of the molecule is O=C(Nc1ncc(-c2cncc(Cl)c2)s1)C(c1ccccc1)c1cccc(F)c1. The Morgan fingerprint density at radius 2 is 1.79 bits per heavy atom. The van der Waals surface area contributed by atoms with Gasteiger partial charge in [0.1, 0.15) is 5.82 Å². The van der Waals surface area contributed by atoms with E-state index >= 15 is 0 Å². The maximum Gasteiger partial charge on any atom is 0.238 e. The van der Waals surface area contributed by atoms with E-state index in [0.29, 0.717) is 15.7 Å². The van der Waals surface area contributed by atoms with E-state index in [9.17, 15) is 9.18 Å². The molecule has 0 bridgehead atoms. The van der Waals surface area contributed by atoms with Crippen LogP contribution in [0.25, 0.3) is 10.4 Å². The molecular weight excluding hydrogens is 409 g/mol. The van der Waals surface area contributed by atoms with Crippen molar-refractivity contribution in [1.82, 2.24) is 9.97 Å². The van der Waals surface area contributed by atoms with Gasteiger partial charge in [-0.3, -0.25) is 9.78 Å². The zero-order valence-corrected chi connectivity index (χ0v) is 16.6. The Hall–Kier alpha value is -3.09. The van der Waals surface area contributed by atoms with Gasteiger partial charge in [-0.15, -0.1) is 0 Å². The second-order valence-electron chi connectivity index (χ2n) is 6.31. The van der Waals surface area contributed by atoms with Crippen LogP contribution in [0.4, 0.5) is 9.52 Å². The highest BCUT2D eigenvalue weighted by Crippen LogP contribution is 2.32. The first-order valence-electron chi connectivity index (χ1n) is 8.78. The molecule has 1 atom stereocenters. The van der Waals surface area contributed by atoms with Crippen molar-refractivity contribution in [3.63, 3.8) is 0 Å². The summed E-state index contributed by atoms with van der Waals surface area (Å²) in [4.78, 5) is 22.3. The Morgan fingerprint density at radius 3 is 2.55 bits per heavy atom.